The van der Waals surface area contributed by atoms with Crippen molar-refractivity contribution >= 4 is 0 Å². The molecule has 2 rings (SSSR count). The highest BCUT2D eigenvalue weighted by molar-refractivity contribution is 5.36. The largest absolute Gasteiger partial charge is 0.491 e. The molecule has 0 saturated heterocycles. The van der Waals surface area contributed by atoms with Gasteiger partial charge in [0.05, 0.1) is 6.10 Å². The van der Waals surface area contributed by atoms with Crippen molar-refractivity contribution in [1.29, 1.82) is 0 Å². The third kappa shape index (κ3) is 4.24. The SMILES string of the molecule is CNC(CCC1CCCC1)c1ccccc1OC(C)C. The summed E-state index contributed by atoms with van der Waals surface area (Å²) in [5.41, 5.74) is 1.31. The molecular weight excluding hydrogens is 246 g/mol. The zero-order valence-electron chi connectivity index (χ0n) is 13.2. The van der Waals surface area contributed by atoms with Crippen LogP contribution in [-0.4, -0.2) is 13.2 Å². The third-order valence-electron chi connectivity index (χ3n) is 4.34. The maximum atomic E-state index is 5.96. The standard InChI is InChI=1S/C18H29NO/c1-14(2)20-18-11-7-6-10-16(18)17(19-3)13-12-15-8-4-5-9-15/h6-7,10-11,14-15,17,19H,4-5,8-9,12-13H2,1-3H3. The van der Waals surface area contributed by atoms with Crippen molar-refractivity contribution in [1.82, 2.24) is 5.32 Å². The molecule has 112 valence electrons. The number of ether oxygens (including phenoxy) is 1. The predicted molar refractivity (Wildman–Crippen MR) is 85.2 cm³/mol. The van der Waals surface area contributed by atoms with Gasteiger partial charge in [-0.3, -0.25) is 0 Å². The Bertz CT molecular complexity index is 396. The van der Waals surface area contributed by atoms with Gasteiger partial charge >= 0.3 is 0 Å². The van der Waals surface area contributed by atoms with E-state index in [1.165, 1.54) is 44.1 Å². The predicted octanol–water partition coefficient (Wildman–Crippen LogP) is 4.70. The van der Waals surface area contributed by atoms with Crippen LogP contribution in [0.15, 0.2) is 24.3 Å². The van der Waals surface area contributed by atoms with Crippen molar-refractivity contribution in [3.8, 4) is 5.75 Å². The topological polar surface area (TPSA) is 21.3 Å². The normalized spacial score (nSPS) is 17.6. The van der Waals surface area contributed by atoms with E-state index in [-0.39, 0.29) is 6.10 Å². The fourth-order valence-corrected chi connectivity index (χ4v) is 3.29. The van der Waals surface area contributed by atoms with E-state index in [1.54, 1.807) is 0 Å². The Balaban J connectivity index is 2.01. The van der Waals surface area contributed by atoms with Gasteiger partial charge in [0, 0.05) is 11.6 Å². The second-order valence-corrected chi connectivity index (χ2v) is 6.27. The summed E-state index contributed by atoms with van der Waals surface area (Å²) in [5, 5.41) is 3.48. The van der Waals surface area contributed by atoms with E-state index in [4.69, 9.17) is 4.74 Å². The zero-order valence-corrected chi connectivity index (χ0v) is 13.2. The number of para-hydroxylation sites is 1. The third-order valence-corrected chi connectivity index (χ3v) is 4.34. The quantitative estimate of drug-likeness (QED) is 0.778. The number of rotatable bonds is 7. The molecule has 1 N–H and O–H groups in total. The molecule has 0 radical (unpaired) electrons. The minimum atomic E-state index is 0.225. The van der Waals surface area contributed by atoms with Crippen LogP contribution < -0.4 is 10.1 Å². The molecule has 1 fully saturated rings. The molecule has 2 heteroatoms. The van der Waals surface area contributed by atoms with Gasteiger partial charge in [-0.05, 0) is 45.7 Å². The number of benzene rings is 1. The fourth-order valence-electron chi connectivity index (χ4n) is 3.29. The van der Waals surface area contributed by atoms with Crippen LogP contribution in [0.4, 0.5) is 0 Å². The summed E-state index contributed by atoms with van der Waals surface area (Å²) in [5.74, 6) is 1.98. The van der Waals surface area contributed by atoms with Crippen LogP contribution in [0.5, 0.6) is 5.75 Å². The van der Waals surface area contributed by atoms with Crippen molar-refractivity contribution in [2.45, 2.75) is 64.5 Å². The fraction of sp³-hybridized carbons (Fsp3) is 0.667. The molecule has 1 atom stereocenters. The summed E-state index contributed by atoms with van der Waals surface area (Å²) in [4.78, 5) is 0. The molecule has 1 aliphatic rings. The van der Waals surface area contributed by atoms with Crippen molar-refractivity contribution < 1.29 is 4.74 Å². The lowest BCUT2D eigenvalue weighted by atomic mass is 9.94. The molecule has 0 aliphatic heterocycles. The number of hydrogen-bond donors (Lipinski definition) is 1. The van der Waals surface area contributed by atoms with Crippen molar-refractivity contribution in [3.63, 3.8) is 0 Å². The Kier molecular flexibility index (Phi) is 5.90. The molecule has 1 aliphatic carbocycles. The molecule has 1 saturated carbocycles. The van der Waals surface area contributed by atoms with Crippen LogP contribution in [0, 0.1) is 5.92 Å². The minimum absolute atomic E-state index is 0.225. The molecule has 0 aromatic heterocycles. The van der Waals surface area contributed by atoms with Gasteiger partial charge in [-0.25, -0.2) is 0 Å². The van der Waals surface area contributed by atoms with Crippen LogP contribution in [0.25, 0.3) is 0 Å². The Hall–Kier alpha value is -1.02. The van der Waals surface area contributed by atoms with Crippen LogP contribution in [-0.2, 0) is 0 Å². The Morgan fingerprint density at radius 2 is 1.90 bits per heavy atom. The van der Waals surface area contributed by atoms with E-state index in [0.717, 1.165) is 11.7 Å². The van der Waals surface area contributed by atoms with Gasteiger partial charge < -0.3 is 10.1 Å². The molecule has 1 unspecified atom stereocenters. The first kappa shape index (κ1) is 15.4. The summed E-state index contributed by atoms with van der Waals surface area (Å²) in [6.45, 7) is 4.17. The second-order valence-electron chi connectivity index (χ2n) is 6.27. The van der Waals surface area contributed by atoms with Gasteiger partial charge in [-0.15, -0.1) is 0 Å². The van der Waals surface area contributed by atoms with Crippen LogP contribution in [0.1, 0.15) is 64.0 Å². The maximum Gasteiger partial charge on any atom is 0.124 e. The lowest BCUT2D eigenvalue weighted by Gasteiger charge is -2.22. The average molecular weight is 275 g/mol. The zero-order chi connectivity index (χ0) is 14.4. The molecule has 0 amide bonds. The molecular formula is C18H29NO. The first-order valence-corrected chi connectivity index (χ1v) is 8.13. The summed E-state index contributed by atoms with van der Waals surface area (Å²) in [7, 11) is 2.06. The van der Waals surface area contributed by atoms with Gasteiger partial charge in [0.25, 0.3) is 0 Å². The summed E-state index contributed by atoms with van der Waals surface area (Å²) in [6, 6.07) is 8.88. The average Bonchev–Trinajstić information content (AvgIpc) is 2.94. The summed E-state index contributed by atoms with van der Waals surface area (Å²) >= 11 is 0. The lowest BCUT2D eigenvalue weighted by molar-refractivity contribution is 0.237. The van der Waals surface area contributed by atoms with E-state index in [1.807, 2.05) is 0 Å². The first-order chi connectivity index (χ1) is 9.70. The van der Waals surface area contributed by atoms with Gasteiger partial charge in [0.2, 0.25) is 0 Å². The monoisotopic (exact) mass is 275 g/mol. The molecule has 20 heavy (non-hydrogen) atoms. The second kappa shape index (κ2) is 7.68. The van der Waals surface area contributed by atoms with Gasteiger partial charge in [-0.2, -0.15) is 0 Å². The highest BCUT2D eigenvalue weighted by Crippen LogP contribution is 2.34. The van der Waals surface area contributed by atoms with E-state index in [0.29, 0.717) is 6.04 Å². The van der Waals surface area contributed by atoms with E-state index in [2.05, 4.69) is 50.5 Å². The Morgan fingerprint density at radius 1 is 1.20 bits per heavy atom. The minimum Gasteiger partial charge on any atom is -0.491 e. The maximum absolute atomic E-state index is 5.96. The highest BCUT2D eigenvalue weighted by atomic mass is 16.5. The molecule has 0 spiro atoms. The van der Waals surface area contributed by atoms with Gasteiger partial charge in [0.15, 0.2) is 0 Å². The molecule has 2 nitrogen and oxygen atoms in total. The first-order valence-electron chi connectivity index (χ1n) is 8.13. The van der Waals surface area contributed by atoms with Gasteiger partial charge in [0.1, 0.15) is 5.75 Å². The van der Waals surface area contributed by atoms with E-state index in [9.17, 15) is 0 Å². The lowest BCUT2D eigenvalue weighted by Crippen LogP contribution is -2.19. The molecule has 0 heterocycles. The smallest absolute Gasteiger partial charge is 0.124 e. The highest BCUT2D eigenvalue weighted by Gasteiger charge is 2.19. The number of nitrogens with one attached hydrogen (secondary N) is 1. The molecule has 1 aromatic carbocycles. The Labute approximate surface area is 123 Å². The number of hydrogen-bond acceptors (Lipinski definition) is 2. The van der Waals surface area contributed by atoms with Crippen molar-refractivity contribution in [3.05, 3.63) is 29.8 Å². The van der Waals surface area contributed by atoms with Gasteiger partial charge in [-0.1, -0.05) is 43.9 Å². The van der Waals surface area contributed by atoms with Crippen molar-refractivity contribution in [2.24, 2.45) is 5.92 Å². The summed E-state index contributed by atoms with van der Waals surface area (Å²) in [6.07, 6.45) is 8.50. The van der Waals surface area contributed by atoms with E-state index >= 15 is 0 Å². The van der Waals surface area contributed by atoms with Crippen LogP contribution >= 0.6 is 0 Å². The molecule has 0 bridgehead atoms. The Morgan fingerprint density at radius 3 is 2.55 bits per heavy atom. The van der Waals surface area contributed by atoms with Crippen molar-refractivity contribution in [2.75, 3.05) is 7.05 Å². The van der Waals surface area contributed by atoms with Crippen LogP contribution in [0.3, 0.4) is 0 Å². The van der Waals surface area contributed by atoms with Crippen LogP contribution in [0.2, 0.25) is 0 Å². The molecule has 1 aromatic rings. The summed E-state index contributed by atoms with van der Waals surface area (Å²) < 4.78 is 5.96. The van der Waals surface area contributed by atoms with E-state index < -0.39 is 0 Å².